The smallest absolute Gasteiger partial charge is 0.153 e. The average molecular weight is 459 g/mol. The standard InChI is InChI=1S/C22H27ClN6O2.CH4/c1-12-19(14-7-16(23)15-9-25-28-17(15)8-14)27-18(10-30)21(26-12)29-5-3-22(4-6-29)11-31-13(2)20(22)24;/h7-9,13,20,30H,3-6,10-11,24H2,1-2H3,(H,25,28);1H4/t13-,20+;/m0./s1. The van der Waals surface area contributed by atoms with Crippen LogP contribution in [0.1, 0.15) is 38.6 Å². The summed E-state index contributed by atoms with van der Waals surface area (Å²) in [5.41, 5.74) is 10.2. The predicted octanol–water partition coefficient (Wildman–Crippen LogP) is 3.44. The summed E-state index contributed by atoms with van der Waals surface area (Å²) in [4.78, 5) is 11.9. The summed E-state index contributed by atoms with van der Waals surface area (Å²) in [6.45, 7) is 6.15. The molecular formula is C23H31ClN6O2. The molecule has 1 spiro atoms. The van der Waals surface area contributed by atoms with Gasteiger partial charge in [-0.3, -0.25) is 5.10 Å². The molecule has 0 aliphatic carbocycles. The zero-order chi connectivity index (χ0) is 21.8. The highest BCUT2D eigenvalue weighted by Crippen LogP contribution is 2.42. The molecule has 2 fully saturated rings. The maximum absolute atomic E-state index is 10.1. The predicted molar refractivity (Wildman–Crippen MR) is 127 cm³/mol. The molecule has 0 bridgehead atoms. The number of aromatic nitrogens is 4. The molecule has 2 aromatic heterocycles. The lowest BCUT2D eigenvalue weighted by atomic mass is 9.73. The number of benzene rings is 1. The number of hydrogen-bond donors (Lipinski definition) is 3. The van der Waals surface area contributed by atoms with Crippen LogP contribution >= 0.6 is 11.6 Å². The Morgan fingerprint density at radius 1 is 1.31 bits per heavy atom. The molecule has 0 amide bonds. The summed E-state index contributed by atoms with van der Waals surface area (Å²) in [5, 5.41) is 18.5. The second-order valence-corrected chi connectivity index (χ2v) is 9.17. The van der Waals surface area contributed by atoms with E-state index in [1.54, 1.807) is 6.20 Å². The summed E-state index contributed by atoms with van der Waals surface area (Å²) in [6, 6.07) is 3.88. The van der Waals surface area contributed by atoms with E-state index in [0.717, 1.165) is 60.5 Å². The van der Waals surface area contributed by atoms with Crippen molar-refractivity contribution in [1.82, 2.24) is 20.2 Å². The Kier molecular flexibility index (Phi) is 6.15. The van der Waals surface area contributed by atoms with Gasteiger partial charge in [-0.15, -0.1) is 0 Å². The summed E-state index contributed by atoms with van der Waals surface area (Å²) in [5.74, 6) is 0.743. The maximum atomic E-state index is 10.1. The fourth-order valence-electron chi connectivity index (χ4n) is 4.96. The van der Waals surface area contributed by atoms with Gasteiger partial charge in [0.25, 0.3) is 0 Å². The lowest BCUT2D eigenvalue weighted by Gasteiger charge is -2.42. The number of piperidine rings is 1. The molecule has 172 valence electrons. The molecular weight excluding hydrogens is 428 g/mol. The van der Waals surface area contributed by atoms with Crippen molar-refractivity contribution < 1.29 is 9.84 Å². The van der Waals surface area contributed by atoms with Crippen molar-refractivity contribution in [2.75, 3.05) is 24.6 Å². The van der Waals surface area contributed by atoms with E-state index >= 15 is 0 Å². The van der Waals surface area contributed by atoms with Crippen LogP contribution in [0.15, 0.2) is 18.3 Å². The fourth-order valence-corrected chi connectivity index (χ4v) is 5.22. The molecule has 4 N–H and O–H groups in total. The first-order chi connectivity index (χ1) is 14.9. The van der Waals surface area contributed by atoms with Gasteiger partial charge in [-0.05, 0) is 38.8 Å². The largest absolute Gasteiger partial charge is 0.390 e. The minimum atomic E-state index is -0.184. The van der Waals surface area contributed by atoms with E-state index in [0.29, 0.717) is 16.4 Å². The van der Waals surface area contributed by atoms with Gasteiger partial charge in [-0.1, -0.05) is 19.0 Å². The van der Waals surface area contributed by atoms with Crippen molar-refractivity contribution in [3.63, 3.8) is 0 Å². The maximum Gasteiger partial charge on any atom is 0.153 e. The van der Waals surface area contributed by atoms with Crippen LogP contribution in [0, 0.1) is 12.3 Å². The van der Waals surface area contributed by atoms with E-state index in [9.17, 15) is 5.11 Å². The Morgan fingerprint density at radius 3 is 2.72 bits per heavy atom. The van der Waals surface area contributed by atoms with Gasteiger partial charge in [-0.2, -0.15) is 5.10 Å². The molecule has 0 radical (unpaired) electrons. The third kappa shape index (κ3) is 3.65. The molecule has 5 rings (SSSR count). The molecule has 4 heterocycles. The van der Waals surface area contributed by atoms with Gasteiger partial charge >= 0.3 is 0 Å². The average Bonchev–Trinajstić information content (AvgIpc) is 3.35. The van der Waals surface area contributed by atoms with Gasteiger partial charge in [-0.25, -0.2) is 9.97 Å². The van der Waals surface area contributed by atoms with Gasteiger partial charge in [0.1, 0.15) is 5.69 Å². The van der Waals surface area contributed by atoms with Gasteiger partial charge in [0.2, 0.25) is 0 Å². The van der Waals surface area contributed by atoms with Crippen LogP contribution in [-0.4, -0.2) is 57.1 Å². The zero-order valence-electron chi connectivity index (χ0n) is 17.7. The van der Waals surface area contributed by atoms with Gasteiger partial charge in [0.05, 0.1) is 47.4 Å². The number of fused-ring (bicyclic) bond motifs is 1. The third-order valence-electron chi connectivity index (χ3n) is 6.96. The van der Waals surface area contributed by atoms with Crippen molar-refractivity contribution in [2.45, 2.75) is 52.9 Å². The van der Waals surface area contributed by atoms with Crippen LogP contribution in [-0.2, 0) is 11.3 Å². The quantitative estimate of drug-likeness (QED) is 0.550. The highest BCUT2D eigenvalue weighted by atomic mass is 35.5. The van der Waals surface area contributed by atoms with Crippen molar-refractivity contribution in [1.29, 1.82) is 0 Å². The van der Waals surface area contributed by atoms with Crippen molar-refractivity contribution >= 4 is 28.3 Å². The summed E-state index contributed by atoms with van der Waals surface area (Å²) in [7, 11) is 0. The molecule has 32 heavy (non-hydrogen) atoms. The van der Waals surface area contributed by atoms with Crippen LogP contribution in [0.4, 0.5) is 5.82 Å². The van der Waals surface area contributed by atoms with Crippen molar-refractivity contribution in [2.24, 2.45) is 11.1 Å². The zero-order valence-corrected chi connectivity index (χ0v) is 18.5. The molecule has 2 aliphatic heterocycles. The first-order valence-electron chi connectivity index (χ1n) is 10.7. The molecule has 2 atom stereocenters. The number of nitrogens with two attached hydrogens (primary N) is 1. The number of ether oxygens (including phenoxy) is 1. The van der Waals surface area contributed by atoms with Gasteiger partial charge in [0.15, 0.2) is 5.82 Å². The Hall–Kier alpha value is -2.26. The number of aliphatic hydroxyl groups excluding tert-OH is 1. The molecule has 2 aliphatic rings. The number of nitrogens with one attached hydrogen (secondary N) is 1. The highest BCUT2D eigenvalue weighted by Gasteiger charge is 2.47. The van der Waals surface area contributed by atoms with E-state index in [2.05, 4.69) is 22.0 Å². The monoisotopic (exact) mass is 458 g/mol. The Balaban J connectivity index is 0.00000245. The van der Waals surface area contributed by atoms with Gasteiger partial charge in [0, 0.05) is 35.5 Å². The third-order valence-corrected chi connectivity index (χ3v) is 7.27. The SMILES string of the molecule is C.Cc1nc(N2CCC3(CC2)CO[C@@H](C)[C@H]3N)c(CO)nc1-c1cc(Cl)c2cn[nH]c2c1. The molecule has 0 saturated carbocycles. The molecule has 0 unspecified atom stereocenters. The first-order valence-corrected chi connectivity index (χ1v) is 11.0. The number of aliphatic hydroxyl groups is 1. The van der Waals surface area contributed by atoms with Crippen LogP contribution in [0.5, 0.6) is 0 Å². The Morgan fingerprint density at radius 2 is 2.06 bits per heavy atom. The summed E-state index contributed by atoms with van der Waals surface area (Å²) >= 11 is 6.43. The first kappa shape index (κ1) is 22.9. The number of aromatic amines is 1. The second kappa shape index (κ2) is 8.59. The molecule has 1 aromatic carbocycles. The van der Waals surface area contributed by atoms with E-state index < -0.39 is 0 Å². The van der Waals surface area contributed by atoms with Crippen LogP contribution < -0.4 is 10.6 Å². The molecule has 8 nitrogen and oxygen atoms in total. The fraction of sp³-hybridized carbons (Fsp3) is 0.522. The number of nitrogens with zero attached hydrogens (tertiary/aromatic N) is 4. The topological polar surface area (TPSA) is 113 Å². The Labute approximate surface area is 193 Å². The number of anilines is 1. The second-order valence-electron chi connectivity index (χ2n) is 8.77. The lowest BCUT2D eigenvalue weighted by molar-refractivity contribution is 0.0973. The normalized spacial score (nSPS) is 22.5. The van der Waals surface area contributed by atoms with Crippen molar-refractivity contribution in [3.05, 3.63) is 34.7 Å². The number of hydrogen-bond acceptors (Lipinski definition) is 7. The lowest BCUT2D eigenvalue weighted by Crippen LogP contribution is -2.51. The molecule has 2 saturated heterocycles. The van der Waals surface area contributed by atoms with Crippen LogP contribution in [0.25, 0.3) is 22.2 Å². The minimum absolute atomic E-state index is 0. The molecule has 3 aromatic rings. The minimum Gasteiger partial charge on any atom is -0.390 e. The van der Waals surface area contributed by atoms with E-state index in [1.807, 2.05) is 19.1 Å². The van der Waals surface area contributed by atoms with E-state index in [-0.39, 0.29) is 31.6 Å². The number of H-pyrrole nitrogens is 1. The number of halogens is 1. The highest BCUT2D eigenvalue weighted by molar-refractivity contribution is 6.35. The number of aryl methyl sites for hydroxylation is 1. The Bertz CT molecular complexity index is 1130. The summed E-state index contributed by atoms with van der Waals surface area (Å²) < 4.78 is 5.83. The number of rotatable bonds is 3. The van der Waals surface area contributed by atoms with E-state index in [4.69, 9.17) is 32.0 Å². The van der Waals surface area contributed by atoms with Crippen molar-refractivity contribution in [3.8, 4) is 11.3 Å². The van der Waals surface area contributed by atoms with Crippen LogP contribution in [0.2, 0.25) is 5.02 Å². The van der Waals surface area contributed by atoms with Gasteiger partial charge < -0.3 is 20.5 Å². The summed E-state index contributed by atoms with van der Waals surface area (Å²) in [6.07, 6.45) is 3.68. The molecule has 9 heteroatoms. The van der Waals surface area contributed by atoms with E-state index in [1.165, 1.54) is 0 Å². The van der Waals surface area contributed by atoms with Crippen LogP contribution in [0.3, 0.4) is 0 Å².